The van der Waals surface area contributed by atoms with Crippen molar-refractivity contribution >= 4 is 16.0 Å². The maximum Gasteiger partial charge on any atom is 0.302 e. The topological polar surface area (TPSA) is 62.3 Å². The normalized spacial score (nSPS) is 18.6. The van der Waals surface area contributed by atoms with Gasteiger partial charge in [0.05, 0.1) is 0 Å². The molecule has 1 aromatic heterocycles. The molecule has 5 nitrogen and oxygen atoms in total. The predicted octanol–water partition coefficient (Wildman–Crippen LogP) is 2.31. The van der Waals surface area contributed by atoms with E-state index in [4.69, 9.17) is 0 Å². The zero-order chi connectivity index (χ0) is 13.7. The minimum atomic E-state index is -3.47. The molecule has 1 N–H and O–H groups in total. The highest BCUT2D eigenvalue weighted by Crippen LogP contribution is 2.15. The number of pyridine rings is 1. The summed E-state index contributed by atoms with van der Waals surface area (Å²) < 4.78 is 28.7. The molecule has 0 saturated carbocycles. The second-order valence-corrected chi connectivity index (χ2v) is 6.61. The van der Waals surface area contributed by atoms with Gasteiger partial charge >= 0.3 is 10.2 Å². The number of hydrogen-bond donors (Lipinski definition) is 1. The molecule has 0 amide bonds. The van der Waals surface area contributed by atoms with Gasteiger partial charge in [0, 0.05) is 18.8 Å². The number of nitrogens with one attached hydrogen (secondary N) is 1. The lowest BCUT2D eigenvalue weighted by atomic mass is 10.1. The molecule has 106 valence electrons. The summed E-state index contributed by atoms with van der Waals surface area (Å²) in [5, 5.41) is 0. The van der Waals surface area contributed by atoms with E-state index in [1.165, 1.54) is 10.7 Å². The predicted molar refractivity (Wildman–Crippen MR) is 76.2 cm³/mol. The average molecular weight is 283 g/mol. The van der Waals surface area contributed by atoms with Crippen LogP contribution in [0.15, 0.2) is 18.2 Å². The molecular formula is C13H21N3O2S. The van der Waals surface area contributed by atoms with Crippen molar-refractivity contribution < 1.29 is 8.42 Å². The van der Waals surface area contributed by atoms with Gasteiger partial charge in [-0.3, -0.25) is 4.72 Å². The quantitative estimate of drug-likeness (QED) is 0.926. The first kappa shape index (κ1) is 14.3. The van der Waals surface area contributed by atoms with Crippen LogP contribution >= 0.6 is 0 Å². The van der Waals surface area contributed by atoms with Crippen molar-refractivity contribution in [2.45, 2.75) is 39.0 Å². The van der Waals surface area contributed by atoms with Crippen LogP contribution in [-0.2, 0) is 10.2 Å². The number of rotatable bonds is 3. The van der Waals surface area contributed by atoms with E-state index >= 15 is 0 Å². The highest BCUT2D eigenvalue weighted by Gasteiger charge is 2.22. The molecule has 1 aliphatic heterocycles. The highest BCUT2D eigenvalue weighted by molar-refractivity contribution is 7.90. The maximum atomic E-state index is 12.3. The van der Waals surface area contributed by atoms with Crippen LogP contribution in [0.5, 0.6) is 0 Å². The first-order valence-corrected chi connectivity index (χ1v) is 8.23. The first-order valence-electron chi connectivity index (χ1n) is 6.79. The Labute approximate surface area is 115 Å². The number of aryl methyl sites for hydroxylation is 1. The van der Waals surface area contributed by atoms with Crippen molar-refractivity contribution in [3.8, 4) is 0 Å². The summed E-state index contributed by atoms with van der Waals surface area (Å²) >= 11 is 0. The minimum Gasteiger partial charge on any atom is -0.254 e. The lowest BCUT2D eigenvalue weighted by Crippen LogP contribution is -2.38. The van der Waals surface area contributed by atoms with Crippen LogP contribution in [0.1, 0.15) is 37.8 Å². The molecule has 0 aromatic carbocycles. The fourth-order valence-corrected chi connectivity index (χ4v) is 3.50. The SMILES string of the molecule is Cc1cccc(NS(=O)(=O)N2CCCCCCC2)n1. The second-order valence-electron chi connectivity index (χ2n) is 4.94. The molecule has 0 spiro atoms. The Kier molecular flexibility index (Phi) is 4.76. The molecule has 1 saturated heterocycles. The summed E-state index contributed by atoms with van der Waals surface area (Å²) in [6.45, 7) is 3.04. The lowest BCUT2D eigenvalue weighted by molar-refractivity contribution is 0.366. The zero-order valence-corrected chi connectivity index (χ0v) is 12.1. The summed E-state index contributed by atoms with van der Waals surface area (Å²) in [6.07, 6.45) is 5.29. The van der Waals surface area contributed by atoms with Gasteiger partial charge in [0.25, 0.3) is 0 Å². The van der Waals surface area contributed by atoms with Crippen LogP contribution in [0.3, 0.4) is 0 Å². The number of anilines is 1. The van der Waals surface area contributed by atoms with Crippen molar-refractivity contribution in [3.05, 3.63) is 23.9 Å². The molecular weight excluding hydrogens is 262 g/mol. The molecule has 0 bridgehead atoms. The highest BCUT2D eigenvalue weighted by atomic mass is 32.2. The van der Waals surface area contributed by atoms with Crippen molar-refractivity contribution in [2.75, 3.05) is 17.8 Å². The van der Waals surface area contributed by atoms with E-state index in [0.29, 0.717) is 18.9 Å². The smallest absolute Gasteiger partial charge is 0.254 e. The Bertz CT molecular complexity index is 508. The van der Waals surface area contributed by atoms with Crippen LogP contribution < -0.4 is 4.72 Å². The van der Waals surface area contributed by atoms with Crippen LogP contribution in [0.2, 0.25) is 0 Å². The van der Waals surface area contributed by atoms with Gasteiger partial charge in [-0.1, -0.05) is 25.3 Å². The molecule has 6 heteroatoms. The first-order chi connectivity index (χ1) is 9.08. The van der Waals surface area contributed by atoms with Crippen molar-refractivity contribution in [1.82, 2.24) is 9.29 Å². The van der Waals surface area contributed by atoms with E-state index in [1.54, 1.807) is 12.1 Å². The van der Waals surface area contributed by atoms with E-state index in [-0.39, 0.29) is 0 Å². The third-order valence-electron chi connectivity index (χ3n) is 3.28. The van der Waals surface area contributed by atoms with E-state index < -0.39 is 10.2 Å². The van der Waals surface area contributed by atoms with E-state index in [9.17, 15) is 8.42 Å². The van der Waals surface area contributed by atoms with E-state index in [0.717, 1.165) is 31.4 Å². The summed E-state index contributed by atoms with van der Waals surface area (Å²) in [5.74, 6) is 0.391. The Balaban J connectivity index is 2.08. The zero-order valence-electron chi connectivity index (χ0n) is 11.3. The van der Waals surface area contributed by atoms with Crippen molar-refractivity contribution in [3.63, 3.8) is 0 Å². The molecule has 2 rings (SSSR count). The van der Waals surface area contributed by atoms with Crippen LogP contribution in [-0.4, -0.2) is 30.8 Å². The largest absolute Gasteiger partial charge is 0.302 e. The average Bonchev–Trinajstić information content (AvgIpc) is 2.26. The molecule has 1 aliphatic rings. The Morgan fingerprint density at radius 1 is 1.11 bits per heavy atom. The van der Waals surface area contributed by atoms with Crippen LogP contribution in [0, 0.1) is 6.92 Å². The third kappa shape index (κ3) is 4.18. The molecule has 0 radical (unpaired) electrons. The van der Waals surface area contributed by atoms with Gasteiger partial charge in [0.2, 0.25) is 0 Å². The molecule has 2 heterocycles. The minimum absolute atomic E-state index is 0.391. The van der Waals surface area contributed by atoms with Gasteiger partial charge in [0.15, 0.2) is 0 Å². The maximum absolute atomic E-state index is 12.3. The van der Waals surface area contributed by atoms with Gasteiger partial charge in [-0.2, -0.15) is 12.7 Å². The van der Waals surface area contributed by atoms with Gasteiger partial charge < -0.3 is 0 Å². The number of aromatic nitrogens is 1. The Morgan fingerprint density at radius 3 is 2.37 bits per heavy atom. The summed E-state index contributed by atoms with van der Waals surface area (Å²) in [6, 6.07) is 5.32. The van der Waals surface area contributed by atoms with Crippen LogP contribution in [0.25, 0.3) is 0 Å². The number of hydrogen-bond acceptors (Lipinski definition) is 3. The molecule has 0 atom stereocenters. The van der Waals surface area contributed by atoms with Gasteiger partial charge in [-0.25, -0.2) is 4.98 Å². The van der Waals surface area contributed by atoms with Gasteiger partial charge in [-0.15, -0.1) is 0 Å². The van der Waals surface area contributed by atoms with Crippen molar-refractivity contribution in [2.24, 2.45) is 0 Å². The lowest BCUT2D eigenvalue weighted by Gasteiger charge is -2.24. The summed E-state index contributed by atoms with van der Waals surface area (Å²) in [4.78, 5) is 4.18. The summed E-state index contributed by atoms with van der Waals surface area (Å²) in [5.41, 5.74) is 0.799. The van der Waals surface area contributed by atoms with Crippen LogP contribution in [0.4, 0.5) is 5.82 Å². The second kappa shape index (κ2) is 6.34. The summed E-state index contributed by atoms with van der Waals surface area (Å²) in [7, 11) is -3.47. The molecule has 19 heavy (non-hydrogen) atoms. The molecule has 0 unspecified atom stereocenters. The Morgan fingerprint density at radius 2 is 1.74 bits per heavy atom. The monoisotopic (exact) mass is 283 g/mol. The fourth-order valence-electron chi connectivity index (χ4n) is 2.26. The van der Waals surface area contributed by atoms with Gasteiger partial charge in [0.1, 0.15) is 5.82 Å². The standard InChI is InChI=1S/C13H21N3O2S/c1-12-8-7-9-13(14-12)15-19(17,18)16-10-5-3-2-4-6-11-16/h7-9H,2-6,10-11H2,1H3,(H,14,15). The molecule has 0 aliphatic carbocycles. The fraction of sp³-hybridized carbons (Fsp3) is 0.615. The van der Waals surface area contributed by atoms with E-state index in [1.807, 2.05) is 13.0 Å². The molecule has 1 aromatic rings. The van der Waals surface area contributed by atoms with Gasteiger partial charge in [-0.05, 0) is 31.9 Å². The molecule has 1 fully saturated rings. The van der Waals surface area contributed by atoms with Crippen molar-refractivity contribution in [1.29, 1.82) is 0 Å². The third-order valence-corrected chi connectivity index (χ3v) is 4.79. The van der Waals surface area contributed by atoms with E-state index in [2.05, 4.69) is 9.71 Å². The Hall–Kier alpha value is -1.14. The number of nitrogens with zero attached hydrogens (tertiary/aromatic N) is 2.